The van der Waals surface area contributed by atoms with Gasteiger partial charge in [0.05, 0.1) is 5.41 Å². The third-order valence-electron chi connectivity index (χ3n) is 5.83. The van der Waals surface area contributed by atoms with Crippen LogP contribution in [0, 0.1) is 5.41 Å². The van der Waals surface area contributed by atoms with Crippen LogP contribution in [0.15, 0.2) is 59.5 Å². The highest BCUT2D eigenvalue weighted by Crippen LogP contribution is 2.49. The Hall–Kier alpha value is -2.15. The summed E-state index contributed by atoms with van der Waals surface area (Å²) in [7, 11) is 0. The molecule has 1 aliphatic heterocycles. The fraction of sp³-hybridized carbons (Fsp3) is 0.409. The molecule has 2 fully saturated rings. The van der Waals surface area contributed by atoms with E-state index in [1.807, 2.05) is 30.0 Å². The average Bonchev–Trinajstić information content (AvgIpc) is 3.00. The highest BCUT2D eigenvalue weighted by Gasteiger charge is 2.48. The largest absolute Gasteiger partial charge is 0.573 e. The van der Waals surface area contributed by atoms with Gasteiger partial charge in [-0.2, -0.15) is 0 Å². The molecule has 0 bridgehead atoms. The van der Waals surface area contributed by atoms with Gasteiger partial charge in [-0.05, 0) is 68.5 Å². The monoisotopic (exact) mass is 421 g/mol. The topological polar surface area (TPSA) is 29.5 Å². The predicted octanol–water partition coefficient (Wildman–Crippen LogP) is 6.04. The second-order valence-electron chi connectivity index (χ2n) is 7.66. The molecular weight excluding hydrogens is 399 g/mol. The highest BCUT2D eigenvalue weighted by atomic mass is 32.2. The number of carbonyl (C=O) groups is 1. The lowest BCUT2D eigenvalue weighted by Gasteiger charge is -2.35. The molecule has 4 rings (SSSR count). The highest BCUT2D eigenvalue weighted by molar-refractivity contribution is 8.00. The van der Waals surface area contributed by atoms with Crippen molar-refractivity contribution in [3.05, 3.63) is 54.6 Å². The standard InChI is InChI=1S/C22H22F3NO2S/c23-22(24,25)28-17-8-6-16(7-9-17)26-15-14-21(20(26)27)12-10-19(11-13-21)29-18-4-2-1-3-5-18/h1-9,19H,10-15H2. The third kappa shape index (κ3) is 4.55. The molecule has 29 heavy (non-hydrogen) atoms. The molecule has 1 heterocycles. The number of anilines is 1. The van der Waals surface area contributed by atoms with Crippen molar-refractivity contribution in [1.29, 1.82) is 0 Å². The van der Waals surface area contributed by atoms with E-state index in [-0.39, 0.29) is 17.1 Å². The molecule has 2 aromatic rings. The first-order valence-electron chi connectivity index (χ1n) is 9.74. The van der Waals surface area contributed by atoms with Crippen LogP contribution in [0.1, 0.15) is 32.1 Å². The van der Waals surface area contributed by atoms with Crippen LogP contribution in [0.2, 0.25) is 0 Å². The fourth-order valence-electron chi connectivity index (χ4n) is 4.31. The lowest BCUT2D eigenvalue weighted by molar-refractivity contribution is -0.274. The minimum atomic E-state index is -4.72. The average molecular weight is 421 g/mol. The molecule has 1 saturated carbocycles. The zero-order valence-corrected chi connectivity index (χ0v) is 16.6. The number of alkyl halides is 3. The number of ether oxygens (including phenoxy) is 1. The van der Waals surface area contributed by atoms with Crippen LogP contribution in [0.4, 0.5) is 18.9 Å². The maximum absolute atomic E-state index is 13.2. The molecule has 1 spiro atoms. The van der Waals surface area contributed by atoms with E-state index >= 15 is 0 Å². The van der Waals surface area contributed by atoms with Crippen LogP contribution in [0.3, 0.4) is 0 Å². The second kappa shape index (κ2) is 7.94. The van der Waals surface area contributed by atoms with Gasteiger partial charge in [0.25, 0.3) is 0 Å². The van der Waals surface area contributed by atoms with Crippen LogP contribution in [0.5, 0.6) is 5.75 Å². The van der Waals surface area contributed by atoms with Crippen LogP contribution in [-0.4, -0.2) is 24.1 Å². The summed E-state index contributed by atoms with van der Waals surface area (Å²) in [5, 5.41) is 0.517. The molecule has 154 valence electrons. The molecule has 2 aliphatic rings. The van der Waals surface area contributed by atoms with Gasteiger partial charge in [0.1, 0.15) is 5.75 Å². The summed E-state index contributed by atoms with van der Waals surface area (Å²) in [5.74, 6) is -0.175. The molecule has 1 amide bonds. The van der Waals surface area contributed by atoms with Gasteiger partial charge in [-0.15, -0.1) is 24.9 Å². The first-order valence-corrected chi connectivity index (χ1v) is 10.6. The molecule has 1 saturated heterocycles. The van der Waals surface area contributed by atoms with E-state index in [1.165, 1.54) is 29.2 Å². The molecule has 7 heteroatoms. The van der Waals surface area contributed by atoms with Crippen LogP contribution in [0.25, 0.3) is 0 Å². The van der Waals surface area contributed by atoms with Crippen molar-refractivity contribution in [2.45, 2.75) is 48.6 Å². The van der Waals surface area contributed by atoms with Crippen LogP contribution < -0.4 is 9.64 Å². The van der Waals surface area contributed by atoms with E-state index in [4.69, 9.17) is 0 Å². The first kappa shape index (κ1) is 20.1. The molecular formula is C22H22F3NO2S. The number of halogens is 3. The normalized spacial score (nSPS) is 24.9. The number of nitrogens with zero attached hydrogens (tertiary/aromatic N) is 1. The first-order chi connectivity index (χ1) is 13.8. The summed E-state index contributed by atoms with van der Waals surface area (Å²) < 4.78 is 40.9. The predicted molar refractivity (Wildman–Crippen MR) is 107 cm³/mol. The van der Waals surface area contributed by atoms with Gasteiger partial charge in [-0.3, -0.25) is 4.79 Å². The van der Waals surface area contributed by atoms with Crippen LogP contribution in [-0.2, 0) is 4.79 Å². The number of benzene rings is 2. The summed E-state index contributed by atoms with van der Waals surface area (Å²) in [4.78, 5) is 16.1. The second-order valence-corrected chi connectivity index (χ2v) is 9.03. The Balaban J connectivity index is 1.38. The Labute approximate surface area is 172 Å². The van der Waals surface area contributed by atoms with Gasteiger partial charge in [0.2, 0.25) is 5.91 Å². The van der Waals surface area contributed by atoms with Gasteiger partial charge < -0.3 is 9.64 Å². The Morgan fingerprint density at radius 2 is 1.62 bits per heavy atom. The Kier molecular flexibility index (Phi) is 5.51. The molecule has 0 N–H and O–H groups in total. The van der Waals surface area contributed by atoms with Crippen LogP contribution >= 0.6 is 11.8 Å². The third-order valence-corrected chi connectivity index (χ3v) is 7.18. The summed E-state index contributed by atoms with van der Waals surface area (Å²) >= 11 is 1.88. The molecule has 0 aromatic heterocycles. The lowest BCUT2D eigenvalue weighted by atomic mass is 9.73. The van der Waals surface area contributed by atoms with E-state index in [0.717, 1.165) is 32.1 Å². The van der Waals surface area contributed by atoms with E-state index < -0.39 is 6.36 Å². The number of amides is 1. The Morgan fingerprint density at radius 3 is 2.24 bits per heavy atom. The summed E-state index contributed by atoms with van der Waals surface area (Å²) in [6.45, 7) is 0.606. The molecule has 1 aliphatic carbocycles. The van der Waals surface area contributed by atoms with E-state index in [0.29, 0.717) is 17.5 Å². The molecule has 0 unspecified atom stereocenters. The van der Waals surface area contributed by atoms with Crippen molar-refractivity contribution in [3.63, 3.8) is 0 Å². The van der Waals surface area contributed by atoms with Crippen molar-refractivity contribution < 1.29 is 22.7 Å². The van der Waals surface area contributed by atoms with E-state index in [1.54, 1.807) is 4.90 Å². The van der Waals surface area contributed by atoms with Gasteiger partial charge >= 0.3 is 6.36 Å². The van der Waals surface area contributed by atoms with Crippen molar-refractivity contribution in [1.82, 2.24) is 0 Å². The number of hydrogen-bond donors (Lipinski definition) is 0. The van der Waals surface area contributed by atoms with Gasteiger partial charge in [-0.1, -0.05) is 18.2 Å². The zero-order chi connectivity index (χ0) is 20.5. The van der Waals surface area contributed by atoms with Gasteiger partial charge in [0, 0.05) is 22.4 Å². The van der Waals surface area contributed by atoms with E-state index in [2.05, 4.69) is 16.9 Å². The van der Waals surface area contributed by atoms with E-state index in [9.17, 15) is 18.0 Å². The molecule has 0 radical (unpaired) electrons. The number of thioether (sulfide) groups is 1. The summed E-state index contributed by atoms with van der Waals surface area (Å²) in [5.41, 5.74) is 0.303. The van der Waals surface area contributed by atoms with Crippen molar-refractivity contribution in [2.75, 3.05) is 11.4 Å². The fourth-order valence-corrected chi connectivity index (χ4v) is 5.48. The number of rotatable bonds is 4. The summed E-state index contributed by atoms with van der Waals surface area (Å²) in [6, 6.07) is 15.9. The molecule has 3 nitrogen and oxygen atoms in total. The maximum atomic E-state index is 13.2. The summed E-state index contributed by atoms with van der Waals surface area (Å²) in [6.07, 6.45) is -0.194. The smallest absolute Gasteiger partial charge is 0.406 e. The van der Waals surface area contributed by atoms with Gasteiger partial charge in [0.15, 0.2) is 0 Å². The number of hydrogen-bond acceptors (Lipinski definition) is 3. The quantitative estimate of drug-likeness (QED) is 0.603. The molecule has 2 aromatic carbocycles. The van der Waals surface area contributed by atoms with Crippen molar-refractivity contribution in [3.8, 4) is 5.75 Å². The maximum Gasteiger partial charge on any atom is 0.573 e. The number of carbonyl (C=O) groups excluding carboxylic acids is 1. The van der Waals surface area contributed by atoms with Crippen molar-refractivity contribution in [2.24, 2.45) is 5.41 Å². The Morgan fingerprint density at radius 1 is 0.966 bits per heavy atom. The SMILES string of the molecule is O=C1N(c2ccc(OC(F)(F)F)cc2)CCC12CCC(Sc1ccccc1)CC2. The lowest BCUT2D eigenvalue weighted by Crippen LogP contribution is -2.38. The minimum Gasteiger partial charge on any atom is -0.406 e. The van der Waals surface area contributed by atoms with Crippen molar-refractivity contribution >= 4 is 23.4 Å². The Bertz CT molecular complexity index is 847. The zero-order valence-electron chi connectivity index (χ0n) is 15.8. The molecule has 0 atom stereocenters. The minimum absolute atomic E-state index is 0.102. The van der Waals surface area contributed by atoms with Gasteiger partial charge in [-0.25, -0.2) is 0 Å².